The van der Waals surface area contributed by atoms with E-state index in [2.05, 4.69) is 24.0 Å². The summed E-state index contributed by atoms with van der Waals surface area (Å²) in [5.74, 6) is 0. The van der Waals surface area contributed by atoms with E-state index in [0.29, 0.717) is 17.8 Å². The topological polar surface area (TPSA) is 37.6 Å². The van der Waals surface area contributed by atoms with Gasteiger partial charge in [-0.15, -0.1) is 11.3 Å². The number of urea groups is 1. The van der Waals surface area contributed by atoms with Gasteiger partial charge in [-0.25, -0.2) is 9.18 Å². The largest absolute Gasteiger partial charge is 0.346 e. The lowest BCUT2D eigenvalue weighted by Crippen LogP contribution is -2.28. The number of hydrogen-bond donors (Lipinski definition) is 0. The quantitative estimate of drug-likeness (QED) is 0.829. The van der Waals surface area contributed by atoms with Crippen LogP contribution in [0.15, 0.2) is 35.5 Å². The minimum atomic E-state index is -0.923. The highest BCUT2D eigenvalue weighted by molar-refractivity contribution is 7.09. The number of aryl methyl sites for hydroxylation is 2. The lowest BCUT2D eigenvalue weighted by atomic mass is 10.1. The fourth-order valence-electron chi connectivity index (χ4n) is 2.65. The van der Waals surface area contributed by atoms with Gasteiger partial charge in [-0.3, -0.25) is 4.57 Å². The number of thiazole rings is 1. The highest BCUT2D eigenvalue weighted by atomic mass is 32.1. The summed E-state index contributed by atoms with van der Waals surface area (Å²) in [5, 5.41) is 0. The third-order valence-electron chi connectivity index (χ3n) is 3.98. The van der Waals surface area contributed by atoms with E-state index in [-0.39, 0.29) is 12.6 Å². The van der Waals surface area contributed by atoms with Gasteiger partial charge in [-0.1, -0.05) is 19.1 Å². The van der Waals surface area contributed by atoms with Crippen molar-refractivity contribution < 1.29 is 9.18 Å². The Kier molecular flexibility index (Phi) is 4.61. The maximum absolute atomic E-state index is 13.3. The average molecular weight is 333 g/mol. The fraction of sp³-hybridized carbons (Fsp3) is 0.412. The van der Waals surface area contributed by atoms with Crippen LogP contribution in [-0.2, 0) is 6.42 Å². The molecule has 2 amide bonds. The normalized spacial score (nSPS) is 18.7. The monoisotopic (exact) mass is 333 g/mol. The van der Waals surface area contributed by atoms with Gasteiger partial charge < -0.3 is 4.90 Å². The molecule has 3 rings (SSSR count). The molecule has 1 aliphatic heterocycles. The molecule has 2 aromatic rings. The smallest absolute Gasteiger partial charge is 0.320 e. The van der Waals surface area contributed by atoms with Crippen LogP contribution in [0.2, 0.25) is 0 Å². The predicted molar refractivity (Wildman–Crippen MR) is 89.8 cm³/mol. The minimum Gasteiger partial charge on any atom is -0.320 e. The Morgan fingerprint density at radius 1 is 1.39 bits per heavy atom. The molecule has 23 heavy (non-hydrogen) atoms. The fourth-order valence-corrected chi connectivity index (χ4v) is 3.48. The third kappa shape index (κ3) is 3.52. The lowest BCUT2D eigenvalue weighted by Gasteiger charge is -2.11. The van der Waals surface area contributed by atoms with Crippen molar-refractivity contribution in [1.82, 2.24) is 9.47 Å². The van der Waals surface area contributed by atoms with Crippen molar-refractivity contribution in [3.05, 3.63) is 45.7 Å². The summed E-state index contributed by atoms with van der Waals surface area (Å²) >= 11 is 1.46. The van der Waals surface area contributed by atoms with Gasteiger partial charge in [-0.05, 0) is 37.5 Å². The van der Waals surface area contributed by atoms with Gasteiger partial charge in [0.05, 0.1) is 6.54 Å². The Labute approximate surface area is 138 Å². The number of carbonyl (C=O) groups excluding carboxylic acids is 1. The van der Waals surface area contributed by atoms with Crippen LogP contribution in [0.5, 0.6) is 0 Å². The first-order valence-corrected chi connectivity index (χ1v) is 8.64. The van der Waals surface area contributed by atoms with Crippen molar-refractivity contribution in [3.8, 4) is 5.69 Å². The standard InChI is InChI=1S/C17H20FN3OS/c1-3-13-4-6-15(7-5-13)21-10-12(2)23-17(21)19-16(22)20-9-8-14(18)11-20/h4-7,10,14H,3,8-9,11H2,1-2H3/b19-17-. The molecular weight excluding hydrogens is 313 g/mol. The second-order valence-electron chi connectivity index (χ2n) is 5.74. The van der Waals surface area contributed by atoms with Crippen LogP contribution in [0.1, 0.15) is 23.8 Å². The van der Waals surface area contributed by atoms with Crippen molar-refractivity contribution >= 4 is 17.4 Å². The van der Waals surface area contributed by atoms with E-state index in [1.807, 2.05) is 29.8 Å². The number of likely N-dealkylation sites (tertiary alicyclic amines) is 1. The van der Waals surface area contributed by atoms with Crippen LogP contribution in [0.3, 0.4) is 0 Å². The molecule has 1 unspecified atom stereocenters. The third-order valence-corrected chi connectivity index (χ3v) is 4.88. The van der Waals surface area contributed by atoms with Gasteiger partial charge in [0, 0.05) is 23.3 Å². The van der Waals surface area contributed by atoms with Crippen molar-refractivity contribution in [2.45, 2.75) is 32.9 Å². The SMILES string of the molecule is CCc1ccc(-n2cc(C)s/c2=N\C(=O)N2CCC(F)C2)cc1. The van der Waals surface area contributed by atoms with Gasteiger partial charge in [-0.2, -0.15) is 4.99 Å². The summed E-state index contributed by atoms with van der Waals surface area (Å²) in [5.41, 5.74) is 2.24. The Morgan fingerprint density at radius 2 is 2.13 bits per heavy atom. The summed E-state index contributed by atoms with van der Waals surface area (Å²) in [6.07, 6.45) is 2.44. The Balaban J connectivity index is 1.93. The summed E-state index contributed by atoms with van der Waals surface area (Å²) in [6.45, 7) is 4.69. The first kappa shape index (κ1) is 15.9. The lowest BCUT2D eigenvalue weighted by molar-refractivity contribution is 0.213. The van der Waals surface area contributed by atoms with Crippen molar-refractivity contribution in [1.29, 1.82) is 0 Å². The van der Waals surface area contributed by atoms with E-state index in [0.717, 1.165) is 17.0 Å². The van der Waals surface area contributed by atoms with Gasteiger partial charge in [0.25, 0.3) is 0 Å². The second-order valence-corrected chi connectivity index (χ2v) is 6.95. The summed E-state index contributed by atoms with van der Waals surface area (Å²) in [4.78, 5) is 19.6. The van der Waals surface area contributed by atoms with E-state index < -0.39 is 6.17 Å². The maximum atomic E-state index is 13.3. The molecule has 0 spiro atoms. The summed E-state index contributed by atoms with van der Waals surface area (Å²) in [6, 6.07) is 7.86. The van der Waals surface area contributed by atoms with E-state index in [1.165, 1.54) is 21.8 Å². The molecule has 1 aromatic heterocycles. The van der Waals surface area contributed by atoms with E-state index in [1.54, 1.807) is 0 Å². The van der Waals surface area contributed by atoms with Crippen LogP contribution in [0.4, 0.5) is 9.18 Å². The second kappa shape index (κ2) is 6.66. The van der Waals surface area contributed by atoms with Gasteiger partial charge in [0.2, 0.25) is 0 Å². The molecule has 6 heteroatoms. The number of halogens is 1. The molecule has 0 N–H and O–H groups in total. The molecule has 1 saturated heterocycles. The van der Waals surface area contributed by atoms with Crippen LogP contribution in [0.25, 0.3) is 5.69 Å². The zero-order valence-electron chi connectivity index (χ0n) is 13.3. The molecule has 4 nitrogen and oxygen atoms in total. The highest BCUT2D eigenvalue weighted by Gasteiger charge is 2.25. The van der Waals surface area contributed by atoms with E-state index in [4.69, 9.17) is 0 Å². The average Bonchev–Trinajstić information content (AvgIpc) is 3.13. The molecule has 0 bridgehead atoms. The van der Waals surface area contributed by atoms with Crippen LogP contribution < -0.4 is 4.80 Å². The van der Waals surface area contributed by atoms with E-state index >= 15 is 0 Å². The number of aromatic nitrogens is 1. The zero-order chi connectivity index (χ0) is 16.4. The molecule has 1 aromatic carbocycles. The maximum Gasteiger partial charge on any atom is 0.346 e. The number of nitrogens with zero attached hydrogens (tertiary/aromatic N) is 3. The Morgan fingerprint density at radius 3 is 2.74 bits per heavy atom. The van der Waals surface area contributed by atoms with Crippen LogP contribution in [0, 0.1) is 6.92 Å². The minimum absolute atomic E-state index is 0.151. The number of amides is 2. The predicted octanol–water partition coefficient (Wildman–Crippen LogP) is 3.47. The number of rotatable bonds is 2. The highest BCUT2D eigenvalue weighted by Crippen LogP contribution is 2.14. The Bertz CT molecular complexity index is 763. The van der Waals surface area contributed by atoms with Crippen molar-refractivity contribution in [2.24, 2.45) is 4.99 Å². The van der Waals surface area contributed by atoms with Gasteiger partial charge in [0.1, 0.15) is 6.17 Å². The molecular formula is C17H20FN3OS. The molecule has 122 valence electrons. The molecule has 2 heterocycles. The molecule has 1 atom stereocenters. The van der Waals surface area contributed by atoms with Crippen molar-refractivity contribution in [2.75, 3.05) is 13.1 Å². The molecule has 1 aliphatic rings. The number of alkyl halides is 1. The van der Waals surface area contributed by atoms with Gasteiger partial charge >= 0.3 is 6.03 Å². The molecule has 0 aliphatic carbocycles. The summed E-state index contributed by atoms with van der Waals surface area (Å²) in [7, 11) is 0. The van der Waals surface area contributed by atoms with Crippen molar-refractivity contribution in [3.63, 3.8) is 0 Å². The summed E-state index contributed by atoms with van der Waals surface area (Å²) < 4.78 is 15.2. The number of carbonyl (C=O) groups is 1. The van der Waals surface area contributed by atoms with Crippen LogP contribution >= 0.6 is 11.3 Å². The van der Waals surface area contributed by atoms with Gasteiger partial charge in [0.15, 0.2) is 4.80 Å². The Hall–Kier alpha value is -1.95. The molecule has 0 saturated carbocycles. The zero-order valence-corrected chi connectivity index (χ0v) is 14.1. The molecule has 1 fully saturated rings. The van der Waals surface area contributed by atoms with Crippen LogP contribution in [-0.4, -0.2) is 34.8 Å². The molecule has 0 radical (unpaired) electrons. The first-order valence-electron chi connectivity index (χ1n) is 7.83. The number of hydrogen-bond acceptors (Lipinski definition) is 2. The van der Waals surface area contributed by atoms with E-state index in [9.17, 15) is 9.18 Å². The number of benzene rings is 1. The first-order chi connectivity index (χ1) is 11.1.